The first-order chi connectivity index (χ1) is 17.5. The maximum absolute atomic E-state index is 12.5. The zero-order chi connectivity index (χ0) is 25.3. The van der Waals surface area contributed by atoms with E-state index in [1.54, 1.807) is 12.3 Å². The smallest absolute Gasteiger partial charge is 0.308 e. The Bertz CT molecular complexity index is 871. The standard InChI is InChI=1S/C27H40N4O5/c1-35-27(34)21-9-7-20(8-10-21)25(32)29-30-26(33)22-11-12-24(28-17-22)31-15-13-23(14-16-31)36-18-19-5-3-2-4-6-19/h11-12,17,19-21,23H,2-10,13-16,18H2,1H3,(H,29,32)(H,30,33). The number of piperidine rings is 1. The molecule has 0 radical (unpaired) electrons. The first kappa shape index (κ1) is 26.4. The van der Waals surface area contributed by atoms with Crippen LogP contribution in [0.4, 0.5) is 5.82 Å². The molecule has 2 amide bonds. The third-order valence-corrected chi connectivity index (χ3v) is 8.00. The number of carbonyl (C=O) groups excluding carboxylic acids is 3. The van der Waals surface area contributed by atoms with Crippen molar-refractivity contribution >= 4 is 23.6 Å². The molecule has 2 saturated carbocycles. The molecule has 1 aromatic rings. The average Bonchev–Trinajstić information content (AvgIpc) is 2.95. The van der Waals surface area contributed by atoms with Gasteiger partial charge in [-0.1, -0.05) is 19.3 Å². The van der Waals surface area contributed by atoms with Crippen LogP contribution in [0.15, 0.2) is 18.3 Å². The summed E-state index contributed by atoms with van der Waals surface area (Å²) in [6.07, 6.45) is 13.0. The Morgan fingerprint density at radius 1 is 0.917 bits per heavy atom. The minimum absolute atomic E-state index is 0.141. The summed E-state index contributed by atoms with van der Waals surface area (Å²) in [5.74, 6) is 0.377. The number of hydrazine groups is 1. The van der Waals surface area contributed by atoms with E-state index in [1.807, 2.05) is 6.07 Å². The van der Waals surface area contributed by atoms with Gasteiger partial charge in [-0.05, 0) is 69.4 Å². The molecule has 0 unspecified atom stereocenters. The van der Waals surface area contributed by atoms with Gasteiger partial charge in [0.1, 0.15) is 5.82 Å². The van der Waals surface area contributed by atoms with Crippen LogP contribution < -0.4 is 15.8 Å². The molecule has 1 aliphatic heterocycles. The van der Waals surface area contributed by atoms with Gasteiger partial charge in [0.05, 0.1) is 24.7 Å². The molecule has 2 aliphatic carbocycles. The molecule has 0 atom stereocenters. The first-order valence-corrected chi connectivity index (χ1v) is 13.5. The van der Waals surface area contributed by atoms with Crippen molar-refractivity contribution in [3.05, 3.63) is 23.9 Å². The summed E-state index contributed by atoms with van der Waals surface area (Å²) in [7, 11) is 1.38. The highest BCUT2D eigenvalue weighted by molar-refractivity contribution is 5.95. The van der Waals surface area contributed by atoms with Gasteiger partial charge in [-0.2, -0.15) is 0 Å². The predicted octanol–water partition coefficient (Wildman–Crippen LogP) is 3.39. The number of hydrogen-bond acceptors (Lipinski definition) is 7. The number of anilines is 1. The Balaban J connectivity index is 1.16. The van der Waals surface area contributed by atoms with Crippen molar-refractivity contribution in [2.24, 2.45) is 17.8 Å². The van der Waals surface area contributed by atoms with Gasteiger partial charge in [0.25, 0.3) is 5.91 Å². The molecular formula is C27H40N4O5. The van der Waals surface area contributed by atoms with Crippen LogP contribution in [-0.2, 0) is 19.1 Å². The zero-order valence-electron chi connectivity index (χ0n) is 21.4. The molecular weight excluding hydrogens is 460 g/mol. The molecule has 2 heterocycles. The van der Waals surface area contributed by atoms with E-state index >= 15 is 0 Å². The Morgan fingerprint density at radius 2 is 1.61 bits per heavy atom. The van der Waals surface area contributed by atoms with E-state index in [4.69, 9.17) is 9.47 Å². The topological polar surface area (TPSA) is 110 Å². The van der Waals surface area contributed by atoms with Crippen LogP contribution in [0, 0.1) is 17.8 Å². The SMILES string of the molecule is COC(=O)C1CCC(C(=O)NNC(=O)c2ccc(N3CCC(OCC4CCCCC4)CC3)nc2)CC1. The molecule has 1 saturated heterocycles. The second-order valence-electron chi connectivity index (χ2n) is 10.4. The number of nitrogens with one attached hydrogen (secondary N) is 2. The number of esters is 1. The van der Waals surface area contributed by atoms with E-state index in [-0.39, 0.29) is 23.7 Å². The molecule has 3 aliphatic rings. The van der Waals surface area contributed by atoms with Crippen LogP contribution in [0.5, 0.6) is 0 Å². The number of nitrogens with zero attached hydrogens (tertiary/aromatic N) is 2. The molecule has 3 fully saturated rings. The Kier molecular flexibility index (Phi) is 9.55. The molecule has 1 aromatic heterocycles. The van der Waals surface area contributed by atoms with Gasteiger partial charge in [0, 0.05) is 31.8 Å². The molecule has 0 spiro atoms. The van der Waals surface area contributed by atoms with Gasteiger partial charge >= 0.3 is 5.97 Å². The van der Waals surface area contributed by atoms with Gasteiger partial charge in [-0.25, -0.2) is 4.98 Å². The Labute approximate surface area is 213 Å². The van der Waals surface area contributed by atoms with Crippen molar-refractivity contribution in [3.63, 3.8) is 0 Å². The lowest BCUT2D eigenvalue weighted by Crippen LogP contribution is -2.45. The van der Waals surface area contributed by atoms with Crippen LogP contribution in [-0.4, -0.2) is 55.7 Å². The number of aromatic nitrogens is 1. The first-order valence-electron chi connectivity index (χ1n) is 13.5. The highest BCUT2D eigenvalue weighted by Crippen LogP contribution is 2.29. The molecule has 9 heteroatoms. The molecule has 36 heavy (non-hydrogen) atoms. The predicted molar refractivity (Wildman–Crippen MR) is 135 cm³/mol. The average molecular weight is 501 g/mol. The summed E-state index contributed by atoms with van der Waals surface area (Å²) in [5.41, 5.74) is 5.40. The number of ether oxygens (including phenoxy) is 2. The van der Waals surface area contributed by atoms with E-state index in [9.17, 15) is 14.4 Å². The number of methoxy groups -OCH3 is 1. The maximum atomic E-state index is 12.5. The van der Waals surface area contributed by atoms with Gasteiger partial charge in [-0.15, -0.1) is 0 Å². The van der Waals surface area contributed by atoms with Crippen LogP contribution in [0.2, 0.25) is 0 Å². The van der Waals surface area contributed by atoms with E-state index in [2.05, 4.69) is 20.7 Å². The normalized spacial score (nSPS) is 23.6. The van der Waals surface area contributed by atoms with Gasteiger partial charge in [0.15, 0.2) is 0 Å². The largest absolute Gasteiger partial charge is 0.469 e. The fraction of sp³-hybridized carbons (Fsp3) is 0.704. The van der Waals surface area contributed by atoms with E-state index < -0.39 is 5.91 Å². The van der Waals surface area contributed by atoms with Crippen molar-refractivity contribution in [1.29, 1.82) is 0 Å². The lowest BCUT2D eigenvalue weighted by molar-refractivity contribution is -0.147. The van der Waals surface area contributed by atoms with Crippen LogP contribution >= 0.6 is 0 Å². The van der Waals surface area contributed by atoms with Crippen molar-refractivity contribution < 1.29 is 23.9 Å². The fourth-order valence-electron chi connectivity index (χ4n) is 5.64. The minimum atomic E-state index is -0.402. The number of amides is 2. The second kappa shape index (κ2) is 13.0. The van der Waals surface area contributed by atoms with Gasteiger partial charge in [0.2, 0.25) is 5.91 Å². The molecule has 9 nitrogen and oxygen atoms in total. The van der Waals surface area contributed by atoms with E-state index in [0.29, 0.717) is 37.4 Å². The van der Waals surface area contributed by atoms with Crippen LogP contribution in [0.3, 0.4) is 0 Å². The van der Waals surface area contributed by atoms with Crippen LogP contribution in [0.25, 0.3) is 0 Å². The van der Waals surface area contributed by atoms with Crippen molar-refractivity contribution in [2.45, 2.75) is 76.7 Å². The molecule has 4 rings (SSSR count). The van der Waals surface area contributed by atoms with E-state index in [0.717, 1.165) is 44.3 Å². The highest BCUT2D eigenvalue weighted by Gasteiger charge is 2.30. The Morgan fingerprint density at radius 3 is 2.25 bits per heavy atom. The summed E-state index contributed by atoms with van der Waals surface area (Å²) >= 11 is 0. The number of rotatable bonds is 7. The third-order valence-electron chi connectivity index (χ3n) is 8.00. The van der Waals surface area contributed by atoms with Crippen LogP contribution in [0.1, 0.15) is 81.0 Å². The van der Waals surface area contributed by atoms with Gasteiger partial charge in [-0.3, -0.25) is 25.2 Å². The fourth-order valence-corrected chi connectivity index (χ4v) is 5.64. The Hall–Kier alpha value is -2.68. The number of hydrogen-bond donors (Lipinski definition) is 2. The molecule has 2 N–H and O–H groups in total. The maximum Gasteiger partial charge on any atom is 0.308 e. The molecule has 0 aromatic carbocycles. The van der Waals surface area contributed by atoms with Crippen molar-refractivity contribution in [3.8, 4) is 0 Å². The third kappa shape index (κ3) is 7.18. The lowest BCUT2D eigenvalue weighted by atomic mass is 9.82. The summed E-state index contributed by atoms with van der Waals surface area (Å²) in [6.45, 7) is 2.68. The van der Waals surface area contributed by atoms with Crippen molar-refractivity contribution in [1.82, 2.24) is 15.8 Å². The van der Waals surface area contributed by atoms with Crippen molar-refractivity contribution in [2.75, 3.05) is 31.7 Å². The molecule has 0 bridgehead atoms. The summed E-state index contributed by atoms with van der Waals surface area (Å²) < 4.78 is 11.0. The quantitative estimate of drug-likeness (QED) is 0.436. The number of pyridine rings is 1. The lowest BCUT2D eigenvalue weighted by Gasteiger charge is -2.33. The summed E-state index contributed by atoms with van der Waals surface area (Å²) in [6, 6.07) is 3.59. The zero-order valence-corrected chi connectivity index (χ0v) is 21.4. The highest BCUT2D eigenvalue weighted by atomic mass is 16.5. The second-order valence-corrected chi connectivity index (χ2v) is 10.4. The monoisotopic (exact) mass is 500 g/mol. The minimum Gasteiger partial charge on any atom is -0.469 e. The molecule has 198 valence electrons. The number of carbonyl (C=O) groups is 3. The van der Waals surface area contributed by atoms with Gasteiger partial charge < -0.3 is 14.4 Å². The summed E-state index contributed by atoms with van der Waals surface area (Å²) in [5, 5.41) is 0. The summed E-state index contributed by atoms with van der Waals surface area (Å²) in [4.78, 5) is 43.3. The van der Waals surface area contributed by atoms with E-state index in [1.165, 1.54) is 39.2 Å².